The number of nitrogens with zero attached hydrogens (tertiary/aromatic N) is 3. The van der Waals surface area contributed by atoms with Crippen LogP contribution >= 0.6 is 0 Å². The van der Waals surface area contributed by atoms with Gasteiger partial charge in [-0.25, -0.2) is 0 Å². The average Bonchev–Trinajstić information content (AvgIpc) is 3.09. The zero-order chi connectivity index (χ0) is 20.5. The number of aromatic nitrogens is 1. The van der Waals surface area contributed by atoms with E-state index >= 15 is 0 Å². The maximum atomic E-state index is 6.18. The van der Waals surface area contributed by atoms with Gasteiger partial charge in [0.25, 0.3) is 0 Å². The number of ether oxygens (including phenoxy) is 1. The summed E-state index contributed by atoms with van der Waals surface area (Å²) in [6.07, 6.45) is 7.48. The largest absolute Gasteiger partial charge is 0.496 e. The molecule has 1 aliphatic heterocycles. The van der Waals surface area contributed by atoms with Gasteiger partial charge in [0.1, 0.15) is 5.75 Å². The van der Waals surface area contributed by atoms with Crippen LogP contribution in [0.15, 0.2) is 35.5 Å². The van der Waals surface area contributed by atoms with Crippen LogP contribution in [0.2, 0.25) is 0 Å². The molecule has 2 heterocycles. The third-order valence-electron chi connectivity index (χ3n) is 5.45. The average molecular weight is 398 g/mol. The minimum absolute atomic E-state index is 0.713. The van der Waals surface area contributed by atoms with E-state index in [1.807, 2.05) is 18.5 Å². The molecule has 0 spiro atoms. The van der Waals surface area contributed by atoms with Crippen LogP contribution in [0.1, 0.15) is 43.0 Å². The molecule has 1 fully saturated rings. The summed E-state index contributed by atoms with van der Waals surface area (Å²) in [5.74, 6) is 0.927. The molecule has 29 heavy (non-hydrogen) atoms. The predicted molar refractivity (Wildman–Crippen MR) is 121 cm³/mol. The van der Waals surface area contributed by atoms with Gasteiger partial charge in [0.2, 0.25) is 0 Å². The number of nitrogen functional groups attached to an aromatic ring is 1. The number of anilines is 1. The number of piperazine rings is 1. The first-order chi connectivity index (χ1) is 14.2. The van der Waals surface area contributed by atoms with Crippen LogP contribution in [0.5, 0.6) is 5.75 Å². The number of hydrogen-bond donors (Lipinski definition) is 2. The molecular formula is C23H35N5O. The number of aliphatic imine (C=N–C) groups is 1. The number of unbranched alkanes of at least 4 members (excludes halogenated alkanes) is 2. The minimum atomic E-state index is 0.713. The molecule has 1 aliphatic rings. The van der Waals surface area contributed by atoms with Crippen molar-refractivity contribution < 1.29 is 4.74 Å². The Labute approximate surface area is 174 Å². The predicted octanol–water partition coefficient (Wildman–Crippen LogP) is 3.14. The molecule has 1 saturated heterocycles. The Morgan fingerprint density at radius 2 is 2.00 bits per heavy atom. The van der Waals surface area contributed by atoms with E-state index in [4.69, 9.17) is 10.5 Å². The van der Waals surface area contributed by atoms with Gasteiger partial charge in [-0.15, -0.1) is 0 Å². The number of nitrogens with two attached hydrogens (primary N) is 1. The van der Waals surface area contributed by atoms with Gasteiger partial charge in [0.05, 0.1) is 25.0 Å². The molecule has 0 atom stereocenters. The van der Waals surface area contributed by atoms with Crippen LogP contribution in [0.25, 0.3) is 0 Å². The van der Waals surface area contributed by atoms with Crippen molar-refractivity contribution in [1.29, 1.82) is 0 Å². The highest BCUT2D eigenvalue weighted by atomic mass is 16.5. The van der Waals surface area contributed by atoms with Gasteiger partial charge in [0.15, 0.2) is 0 Å². The Bertz CT molecular complexity index is 793. The monoisotopic (exact) mass is 397 g/mol. The van der Waals surface area contributed by atoms with E-state index in [-0.39, 0.29) is 0 Å². The molecule has 0 saturated carbocycles. The standard InChI is InChI=1S/C23H35N5O/c1-3-4-5-9-26-16-22-21(24)8-12-28(22)18-20-7-6-19(15-23(20)29-2)17-27-13-10-25-11-14-27/h6-8,12,15-16,25H,3-5,9-11,13-14,17-18,24H2,1-2H3. The number of hydrogen-bond acceptors (Lipinski definition) is 5. The highest BCUT2D eigenvalue weighted by Gasteiger charge is 2.13. The first kappa shape index (κ1) is 21.4. The first-order valence-electron chi connectivity index (χ1n) is 10.7. The zero-order valence-corrected chi connectivity index (χ0v) is 17.9. The van der Waals surface area contributed by atoms with Crippen molar-refractivity contribution in [3.8, 4) is 5.75 Å². The van der Waals surface area contributed by atoms with E-state index < -0.39 is 0 Å². The molecule has 6 heteroatoms. The summed E-state index contributed by atoms with van der Waals surface area (Å²) in [5, 5.41) is 3.40. The van der Waals surface area contributed by atoms with E-state index in [1.54, 1.807) is 7.11 Å². The molecule has 0 radical (unpaired) electrons. The second-order valence-electron chi connectivity index (χ2n) is 7.70. The van der Waals surface area contributed by atoms with Crippen LogP contribution in [0, 0.1) is 0 Å². The summed E-state index contributed by atoms with van der Waals surface area (Å²) in [4.78, 5) is 7.05. The maximum Gasteiger partial charge on any atom is 0.124 e. The summed E-state index contributed by atoms with van der Waals surface area (Å²) in [6.45, 7) is 9.04. The SMILES string of the molecule is CCCCCN=Cc1c(N)ccn1Cc1ccc(CN2CCNCC2)cc1OC. The number of rotatable bonds is 10. The molecule has 6 nitrogen and oxygen atoms in total. The molecule has 3 rings (SSSR count). The summed E-state index contributed by atoms with van der Waals surface area (Å²) >= 11 is 0. The minimum Gasteiger partial charge on any atom is -0.496 e. The van der Waals surface area contributed by atoms with E-state index in [9.17, 15) is 0 Å². The number of nitrogens with one attached hydrogen (secondary N) is 1. The molecule has 0 unspecified atom stereocenters. The first-order valence-corrected chi connectivity index (χ1v) is 10.7. The third kappa shape index (κ3) is 6.08. The van der Waals surface area contributed by atoms with Gasteiger partial charge in [-0.3, -0.25) is 9.89 Å². The van der Waals surface area contributed by atoms with Crippen molar-refractivity contribution in [2.75, 3.05) is 45.6 Å². The fourth-order valence-corrected chi connectivity index (χ4v) is 3.72. The Balaban J connectivity index is 1.69. The summed E-state index contributed by atoms with van der Waals surface area (Å²) in [7, 11) is 1.74. The molecule has 0 bridgehead atoms. The van der Waals surface area contributed by atoms with E-state index in [0.717, 1.165) is 68.4 Å². The molecule has 158 valence electrons. The van der Waals surface area contributed by atoms with Crippen LogP contribution in [0.3, 0.4) is 0 Å². The van der Waals surface area contributed by atoms with Crippen molar-refractivity contribution in [1.82, 2.24) is 14.8 Å². The van der Waals surface area contributed by atoms with Crippen molar-refractivity contribution in [2.45, 2.75) is 39.3 Å². The van der Waals surface area contributed by atoms with Crippen LogP contribution in [-0.2, 0) is 13.1 Å². The van der Waals surface area contributed by atoms with E-state index in [0.29, 0.717) is 6.54 Å². The fraction of sp³-hybridized carbons (Fsp3) is 0.522. The zero-order valence-electron chi connectivity index (χ0n) is 17.9. The highest BCUT2D eigenvalue weighted by molar-refractivity contribution is 5.85. The van der Waals surface area contributed by atoms with Crippen LogP contribution in [0.4, 0.5) is 5.69 Å². The van der Waals surface area contributed by atoms with E-state index in [1.165, 1.54) is 18.4 Å². The second kappa shape index (κ2) is 11.0. The summed E-state index contributed by atoms with van der Waals surface area (Å²) in [5.41, 5.74) is 10.3. The van der Waals surface area contributed by atoms with Gasteiger partial charge in [-0.2, -0.15) is 0 Å². The lowest BCUT2D eigenvalue weighted by molar-refractivity contribution is 0.233. The van der Waals surface area contributed by atoms with Crippen molar-refractivity contribution >= 4 is 11.9 Å². The second-order valence-corrected chi connectivity index (χ2v) is 7.70. The summed E-state index contributed by atoms with van der Waals surface area (Å²) < 4.78 is 7.86. The van der Waals surface area contributed by atoms with Gasteiger partial charge in [0, 0.05) is 57.2 Å². The molecule has 2 aromatic rings. The van der Waals surface area contributed by atoms with Crippen LogP contribution < -0.4 is 15.8 Å². The van der Waals surface area contributed by atoms with Crippen molar-refractivity contribution in [3.05, 3.63) is 47.3 Å². The quantitative estimate of drug-likeness (QED) is 0.477. The molecular weight excluding hydrogens is 362 g/mol. The van der Waals surface area contributed by atoms with Gasteiger partial charge in [-0.05, 0) is 24.1 Å². The Kier molecular flexibility index (Phi) is 8.14. The normalized spacial score (nSPS) is 15.2. The maximum absolute atomic E-state index is 6.18. The molecule has 0 aliphatic carbocycles. The lowest BCUT2D eigenvalue weighted by atomic mass is 10.1. The van der Waals surface area contributed by atoms with Gasteiger partial charge >= 0.3 is 0 Å². The number of methoxy groups -OCH3 is 1. The molecule has 1 aromatic heterocycles. The van der Waals surface area contributed by atoms with Gasteiger partial charge < -0.3 is 20.4 Å². The number of benzene rings is 1. The Morgan fingerprint density at radius 1 is 1.17 bits per heavy atom. The topological polar surface area (TPSA) is 67.8 Å². The molecule has 0 amide bonds. The lowest BCUT2D eigenvalue weighted by Gasteiger charge is -2.27. The third-order valence-corrected chi connectivity index (χ3v) is 5.45. The van der Waals surface area contributed by atoms with E-state index in [2.05, 4.69) is 44.9 Å². The van der Waals surface area contributed by atoms with Crippen LogP contribution in [-0.4, -0.2) is 55.5 Å². The van der Waals surface area contributed by atoms with Crippen molar-refractivity contribution in [2.24, 2.45) is 4.99 Å². The molecule has 3 N–H and O–H groups in total. The Hall–Kier alpha value is -2.31. The summed E-state index contributed by atoms with van der Waals surface area (Å²) in [6, 6.07) is 8.50. The molecule has 1 aromatic carbocycles. The van der Waals surface area contributed by atoms with Crippen molar-refractivity contribution in [3.63, 3.8) is 0 Å². The fourth-order valence-electron chi connectivity index (χ4n) is 3.72. The Morgan fingerprint density at radius 3 is 2.76 bits per heavy atom. The highest BCUT2D eigenvalue weighted by Crippen LogP contribution is 2.24. The smallest absolute Gasteiger partial charge is 0.124 e. The lowest BCUT2D eigenvalue weighted by Crippen LogP contribution is -2.42. The van der Waals surface area contributed by atoms with Gasteiger partial charge in [-0.1, -0.05) is 31.9 Å².